The van der Waals surface area contributed by atoms with Gasteiger partial charge < -0.3 is 10.6 Å². The van der Waals surface area contributed by atoms with E-state index in [4.69, 9.17) is 0 Å². The Balaban J connectivity index is 2.06. The van der Waals surface area contributed by atoms with Gasteiger partial charge in [0.25, 0.3) is 5.91 Å². The quantitative estimate of drug-likeness (QED) is 0.834. The molecule has 0 atom stereocenters. The molecule has 2 aromatic rings. The van der Waals surface area contributed by atoms with E-state index in [0.717, 1.165) is 11.4 Å². The van der Waals surface area contributed by atoms with Crippen molar-refractivity contribution in [3.63, 3.8) is 0 Å². The fourth-order valence-corrected chi connectivity index (χ4v) is 2.14. The Bertz CT molecular complexity index is 648. The van der Waals surface area contributed by atoms with Gasteiger partial charge in [-0.1, -0.05) is 39.8 Å². The number of rotatable bonds is 6. The molecule has 1 aromatic heterocycles. The van der Waals surface area contributed by atoms with Crippen LogP contribution in [0, 0.1) is 5.92 Å². The normalized spacial score (nSPS) is 10.9. The molecule has 0 saturated carbocycles. The lowest BCUT2D eigenvalue weighted by Crippen LogP contribution is -2.28. The second-order valence-electron chi connectivity index (χ2n) is 6.44. The largest absolute Gasteiger partial charge is 0.355 e. The minimum Gasteiger partial charge on any atom is -0.355 e. The van der Waals surface area contributed by atoms with Crippen LogP contribution in [0.25, 0.3) is 0 Å². The zero-order chi connectivity index (χ0) is 16.8. The molecule has 4 nitrogen and oxygen atoms in total. The lowest BCUT2D eigenvalue weighted by molar-refractivity contribution is 0.0944. The molecule has 2 rings (SSSR count). The number of benzene rings is 1. The number of carbonyl (C=O) groups excluding carboxylic acids is 1. The van der Waals surface area contributed by atoms with Crippen molar-refractivity contribution < 1.29 is 4.79 Å². The molecular formula is C19H25N3O. The van der Waals surface area contributed by atoms with E-state index in [1.807, 2.05) is 18.2 Å². The summed E-state index contributed by atoms with van der Waals surface area (Å²) in [6.45, 7) is 9.12. The van der Waals surface area contributed by atoms with Crippen molar-refractivity contribution in [2.24, 2.45) is 5.92 Å². The SMILES string of the molecule is CC(C)CNC(=O)c1cc(Nc2ccc(C(C)C)cc2)ccn1. The van der Waals surface area contributed by atoms with Crippen LogP contribution in [-0.4, -0.2) is 17.4 Å². The van der Waals surface area contributed by atoms with Gasteiger partial charge in [0.15, 0.2) is 0 Å². The van der Waals surface area contributed by atoms with Crippen LogP contribution in [0.5, 0.6) is 0 Å². The smallest absolute Gasteiger partial charge is 0.269 e. The molecule has 0 saturated heterocycles. The Labute approximate surface area is 138 Å². The van der Waals surface area contributed by atoms with Gasteiger partial charge in [0.2, 0.25) is 0 Å². The maximum Gasteiger partial charge on any atom is 0.269 e. The summed E-state index contributed by atoms with van der Waals surface area (Å²) in [6.07, 6.45) is 1.65. The highest BCUT2D eigenvalue weighted by atomic mass is 16.1. The zero-order valence-electron chi connectivity index (χ0n) is 14.3. The van der Waals surface area contributed by atoms with Crippen LogP contribution < -0.4 is 10.6 Å². The van der Waals surface area contributed by atoms with Crippen LogP contribution in [-0.2, 0) is 0 Å². The lowest BCUT2D eigenvalue weighted by atomic mass is 10.0. The first-order valence-corrected chi connectivity index (χ1v) is 8.07. The molecule has 1 aromatic carbocycles. The van der Waals surface area contributed by atoms with E-state index < -0.39 is 0 Å². The van der Waals surface area contributed by atoms with Crippen molar-refractivity contribution in [3.8, 4) is 0 Å². The summed E-state index contributed by atoms with van der Waals surface area (Å²) in [5, 5.41) is 6.19. The van der Waals surface area contributed by atoms with Crippen molar-refractivity contribution in [1.29, 1.82) is 0 Å². The highest BCUT2D eigenvalue weighted by Gasteiger charge is 2.08. The van der Waals surface area contributed by atoms with Gasteiger partial charge in [0, 0.05) is 24.1 Å². The molecule has 0 spiro atoms. The fourth-order valence-electron chi connectivity index (χ4n) is 2.14. The number of anilines is 2. The Hall–Kier alpha value is -2.36. The number of amides is 1. The predicted octanol–water partition coefficient (Wildman–Crippen LogP) is 4.33. The number of hydrogen-bond donors (Lipinski definition) is 2. The van der Waals surface area contributed by atoms with E-state index in [1.54, 1.807) is 12.3 Å². The molecular weight excluding hydrogens is 286 g/mol. The minimum absolute atomic E-state index is 0.141. The maximum absolute atomic E-state index is 12.1. The molecule has 4 heteroatoms. The molecule has 23 heavy (non-hydrogen) atoms. The third-order valence-electron chi connectivity index (χ3n) is 3.53. The Morgan fingerprint density at radius 3 is 2.35 bits per heavy atom. The van der Waals surface area contributed by atoms with Gasteiger partial charge in [0.1, 0.15) is 5.69 Å². The van der Waals surface area contributed by atoms with Gasteiger partial charge in [-0.15, -0.1) is 0 Å². The Kier molecular flexibility index (Phi) is 5.74. The molecule has 0 aliphatic heterocycles. The molecule has 122 valence electrons. The van der Waals surface area contributed by atoms with Crippen LogP contribution >= 0.6 is 0 Å². The van der Waals surface area contributed by atoms with Gasteiger partial charge in [-0.25, -0.2) is 0 Å². The highest BCUT2D eigenvalue weighted by molar-refractivity contribution is 5.93. The number of nitrogens with zero attached hydrogens (tertiary/aromatic N) is 1. The minimum atomic E-state index is -0.141. The monoisotopic (exact) mass is 311 g/mol. The molecule has 0 unspecified atom stereocenters. The first-order valence-electron chi connectivity index (χ1n) is 8.07. The van der Waals surface area contributed by atoms with E-state index in [0.29, 0.717) is 24.1 Å². The summed E-state index contributed by atoms with van der Waals surface area (Å²) < 4.78 is 0. The van der Waals surface area contributed by atoms with Crippen LogP contribution in [0.15, 0.2) is 42.6 Å². The zero-order valence-corrected chi connectivity index (χ0v) is 14.3. The first-order chi connectivity index (χ1) is 11.0. The summed E-state index contributed by atoms with van der Waals surface area (Å²) in [5.74, 6) is 0.790. The van der Waals surface area contributed by atoms with Crippen LogP contribution in [0.2, 0.25) is 0 Å². The van der Waals surface area contributed by atoms with E-state index in [2.05, 4.69) is 55.4 Å². The number of aromatic nitrogens is 1. The van der Waals surface area contributed by atoms with E-state index in [-0.39, 0.29) is 5.91 Å². The van der Waals surface area contributed by atoms with Crippen molar-refractivity contribution >= 4 is 17.3 Å². The topological polar surface area (TPSA) is 54.0 Å². The summed E-state index contributed by atoms with van der Waals surface area (Å²) in [6, 6.07) is 12.0. The number of pyridine rings is 1. The lowest BCUT2D eigenvalue weighted by Gasteiger charge is -2.11. The average Bonchev–Trinajstić information content (AvgIpc) is 2.53. The van der Waals surface area contributed by atoms with Gasteiger partial charge in [-0.3, -0.25) is 9.78 Å². The van der Waals surface area contributed by atoms with E-state index in [9.17, 15) is 4.79 Å². The number of carbonyl (C=O) groups is 1. The third-order valence-corrected chi connectivity index (χ3v) is 3.53. The maximum atomic E-state index is 12.1. The molecule has 0 radical (unpaired) electrons. The Morgan fingerprint density at radius 1 is 1.04 bits per heavy atom. The molecule has 1 amide bonds. The van der Waals surface area contributed by atoms with E-state index >= 15 is 0 Å². The highest BCUT2D eigenvalue weighted by Crippen LogP contribution is 2.20. The average molecular weight is 311 g/mol. The second-order valence-corrected chi connectivity index (χ2v) is 6.44. The van der Waals surface area contributed by atoms with Crippen molar-refractivity contribution in [2.45, 2.75) is 33.6 Å². The second kappa shape index (κ2) is 7.77. The summed E-state index contributed by atoms with van der Waals surface area (Å²) in [7, 11) is 0. The van der Waals surface area contributed by atoms with Crippen LogP contribution in [0.3, 0.4) is 0 Å². The van der Waals surface area contributed by atoms with Gasteiger partial charge >= 0.3 is 0 Å². The van der Waals surface area contributed by atoms with Crippen molar-refractivity contribution in [1.82, 2.24) is 10.3 Å². The molecule has 2 N–H and O–H groups in total. The van der Waals surface area contributed by atoms with Gasteiger partial charge in [0.05, 0.1) is 0 Å². The molecule has 0 aliphatic rings. The number of nitrogens with one attached hydrogen (secondary N) is 2. The van der Waals surface area contributed by atoms with Crippen molar-refractivity contribution in [3.05, 3.63) is 53.9 Å². The summed E-state index contributed by atoms with van der Waals surface area (Å²) in [4.78, 5) is 16.2. The summed E-state index contributed by atoms with van der Waals surface area (Å²) >= 11 is 0. The van der Waals surface area contributed by atoms with Crippen molar-refractivity contribution in [2.75, 3.05) is 11.9 Å². The molecule has 0 fully saturated rings. The Morgan fingerprint density at radius 2 is 1.74 bits per heavy atom. The molecule has 0 bridgehead atoms. The first kappa shape index (κ1) is 17.0. The molecule has 1 heterocycles. The van der Waals surface area contributed by atoms with Gasteiger partial charge in [-0.2, -0.15) is 0 Å². The fraction of sp³-hybridized carbons (Fsp3) is 0.368. The van der Waals surface area contributed by atoms with Gasteiger partial charge in [-0.05, 0) is 41.7 Å². The molecule has 0 aliphatic carbocycles. The van der Waals surface area contributed by atoms with E-state index in [1.165, 1.54) is 5.56 Å². The summed E-state index contributed by atoms with van der Waals surface area (Å²) in [5.41, 5.74) is 3.58. The predicted molar refractivity (Wildman–Crippen MR) is 95.2 cm³/mol. The third kappa shape index (κ3) is 5.09. The standard InChI is InChI=1S/C19H25N3O/c1-13(2)12-21-19(23)18-11-17(9-10-20-18)22-16-7-5-15(6-8-16)14(3)4/h5-11,13-14H,12H2,1-4H3,(H,20,22)(H,21,23). The van der Waals surface area contributed by atoms with Crippen LogP contribution in [0.1, 0.15) is 49.7 Å². The number of hydrogen-bond acceptors (Lipinski definition) is 3. The van der Waals surface area contributed by atoms with Crippen LogP contribution in [0.4, 0.5) is 11.4 Å².